The van der Waals surface area contributed by atoms with Gasteiger partial charge < -0.3 is 9.55 Å². The van der Waals surface area contributed by atoms with Crippen LogP contribution in [0.1, 0.15) is 17.8 Å². The van der Waals surface area contributed by atoms with Crippen molar-refractivity contribution in [3.8, 4) is 0 Å². The van der Waals surface area contributed by atoms with Crippen molar-refractivity contribution >= 4 is 46.2 Å². The highest BCUT2D eigenvalue weighted by atomic mass is 35.5. The molecule has 2 aromatic heterocycles. The van der Waals surface area contributed by atoms with Crippen LogP contribution in [0.3, 0.4) is 0 Å². The van der Waals surface area contributed by atoms with Crippen molar-refractivity contribution in [2.24, 2.45) is 0 Å². The van der Waals surface area contributed by atoms with Crippen LogP contribution in [0.5, 0.6) is 0 Å². The van der Waals surface area contributed by atoms with Gasteiger partial charge in [0.1, 0.15) is 0 Å². The molecule has 3 aromatic rings. The Balaban J connectivity index is 2.06. The van der Waals surface area contributed by atoms with Crippen LogP contribution in [0.15, 0.2) is 29.8 Å². The van der Waals surface area contributed by atoms with Crippen LogP contribution in [-0.2, 0) is 6.54 Å². The summed E-state index contributed by atoms with van der Waals surface area (Å²) in [4.78, 5) is 7.55. The van der Waals surface area contributed by atoms with Crippen LogP contribution >= 0.6 is 35.2 Å². The lowest BCUT2D eigenvalue weighted by Gasteiger charge is -2.11. The maximum Gasteiger partial charge on any atom is 0.178 e. The van der Waals surface area contributed by atoms with E-state index in [2.05, 4.69) is 21.5 Å². The third kappa shape index (κ3) is 2.33. The molecule has 3 rings (SSSR count). The number of hydrogen-bond donors (Lipinski definition) is 1. The number of thiazole rings is 1. The molecular formula is C13H12ClN3S2. The topological polar surface area (TPSA) is 33.6 Å². The lowest BCUT2D eigenvalue weighted by molar-refractivity contribution is 0.602. The van der Waals surface area contributed by atoms with Gasteiger partial charge in [-0.3, -0.25) is 0 Å². The summed E-state index contributed by atoms with van der Waals surface area (Å²) in [6.07, 6.45) is 1.83. The summed E-state index contributed by atoms with van der Waals surface area (Å²) in [6, 6.07) is 5.79. The molecule has 0 aliphatic carbocycles. The van der Waals surface area contributed by atoms with Gasteiger partial charge >= 0.3 is 0 Å². The number of halogens is 1. The molecule has 0 spiro atoms. The lowest BCUT2D eigenvalue weighted by Crippen LogP contribution is -2.06. The summed E-state index contributed by atoms with van der Waals surface area (Å²) in [5.74, 6) is 0.307. The van der Waals surface area contributed by atoms with Gasteiger partial charge in [-0.05, 0) is 24.4 Å². The number of para-hydroxylation sites is 1. The number of H-pyrrole nitrogens is 1. The van der Waals surface area contributed by atoms with Gasteiger partial charge in [0.25, 0.3) is 0 Å². The molecule has 0 saturated heterocycles. The van der Waals surface area contributed by atoms with Gasteiger partial charge in [0.15, 0.2) is 4.77 Å². The molecule has 0 amide bonds. The zero-order valence-electron chi connectivity index (χ0n) is 10.3. The van der Waals surface area contributed by atoms with Crippen molar-refractivity contribution in [3.05, 3.63) is 44.6 Å². The van der Waals surface area contributed by atoms with Gasteiger partial charge in [-0.25, -0.2) is 4.98 Å². The molecule has 0 saturated carbocycles. The SMILES string of the molecule is CC(Cn1c(=S)[nH]c2cccc(Cl)c21)c1nccs1. The van der Waals surface area contributed by atoms with E-state index in [0.717, 1.165) is 27.6 Å². The number of nitrogens with zero attached hydrogens (tertiary/aromatic N) is 2. The summed E-state index contributed by atoms with van der Waals surface area (Å²) in [5, 5.41) is 3.83. The summed E-state index contributed by atoms with van der Waals surface area (Å²) >= 11 is 13.3. The Hall–Kier alpha value is -1.17. The predicted octanol–water partition coefficient (Wildman–Crippen LogP) is 4.61. The summed E-state index contributed by atoms with van der Waals surface area (Å²) in [6.45, 7) is 2.92. The molecule has 19 heavy (non-hydrogen) atoms. The van der Waals surface area contributed by atoms with Gasteiger partial charge in [0, 0.05) is 24.0 Å². The fourth-order valence-corrected chi connectivity index (χ4v) is 3.42. The maximum atomic E-state index is 6.28. The van der Waals surface area contributed by atoms with Gasteiger partial charge in [-0.1, -0.05) is 24.6 Å². The second kappa shape index (κ2) is 5.07. The van der Waals surface area contributed by atoms with Crippen LogP contribution in [0.25, 0.3) is 11.0 Å². The fraction of sp³-hybridized carbons (Fsp3) is 0.231. The molecule has 98 valence electrons. The zero-order chi connectivity index (χ0) is 13.4. The fourth-order valence-electron chi connectivity index (χ4n) is 2.18. The second-order valence-corrected chi connectivity index (χ2v) is 6.17. The normalized spacial score (nSPS) is 12.9. The standard InChI is InChI=1S/C13H12ClN3S2/c1-8(12-15-5-6-19-12)7-17-11-9(14)3-2-4-10(11)16-13(17)18/h2-6,8H,7H2,1H3,(H,16,18). The van der Waals surface area contributed by atoms with Crippen LogP contribution in [0.4, 0.5) is 0 Å². The first-order chi connectivity index (χ1) is 9.16. The minimum atomic E-state index is 0.307. The Labute approximate surface area is 124 Å². The number of rotatable bonds is 3. The highest BCUT2D eigenvalue weighted by Gasteiger charge is 2.13. The number of benzene rings is 1. The average molecular weight is 310 g/mol. The van der Waals surface area contributed by atoms with Crippen LogP contribution in [0.2, 0.25) is 5.02 Å². The Morgan fingerprint density at radius 2 is 2.37 bits per heavy atom. The van der Waals surface area contributed by atoms with E-state index in [1.165, 1.54) is 0 Å². The van der Waals surface area contributed by atoms with Crippen molar-refractivity contribution in [2.75, 3.05) is 0 Å². The molecule has 1 aromatic carbocycles. The number of hydrogen-bond acceptors (Lipinski definition) is 3. The van der Waals surface area contributed by atoms with Gasteiger partial charge in [-0.15, -0.1) is 11.3 Å². The Kier molecular flexibility index (Phi) is 3.43. The molecule has 1 N–H and O–H groups in total. The molecule has 0 aliphatic rings. The van der Waals surface area contributed by atoms with Crippen LogP contribution < -0.4 is 0 Å². The molecule has 0 aliphatic heterocycles. The van der Waals surface area contributed by atoms with E-state index in [0.29, 0.717) is 10.7 Å². The van der Waals surface area contributed by atoms with E-state index in [4.69, 9.17) is 23.8 Å². The van der Waals surface area contributed by atoms with Crippen LogP contribution in [0, 0.1) is 4.77 Å². The molecule has 6 heteroatoms. The van der Waals surface area contributed by atoms with Crippen LogP contribution in [-0.4, -0.2) is 14.5 Å². The first-order valence-corrected chi connectivity index (χ1v) is 7.60. The third-order valence-corrected chi connectivity index (χ3v) is 4.71. The Bertz CT molecular complexity index is 758. The largest absolute Gasteiger partial charge is 0.331 e. The Morgan fingerprint density at radius 1 is 1.53 bits per heavy atom. The predicted molar refractivity (Wildman–Crippen MR) is 82.7 cm³/mol. The summed E-state index contributed by atoms with van der Waals surface area (Å²) in [5.41, 5.74) is 1.95. The van der Waals surface area contributed by atoms with Gasteiger partial charge in [-0.2, -0.15) is 0 Å². The minimum Gasteiger partial charge on any atom is -0.331 e. The van der Waals surface area contributed by atoms with Crippen molar-refractivity contribution in [1.82, 2.24) is 14.5 Å². The smallest absolute Gasteiger partial charge is 0.178 e. The van der Waals surface area contributed by atoms with E-state index in [-0.39, 0.29) is 0 Å². The number of fused-ring (bicyclic) bond motifs is 1. The molecule has 1 unspecified atom stereocenters. The molecule has 3 nitrogen and oxygen atoms in total. The molecular weight excluding hydrogens is 298 g/mol. The monoisotopic (exact) mass is 309 g/mol. The number of aromatic amines is 1. The van der Waals surface area contributed by atoms with Crippen molar-refractivity contribution in [3.63, 3.8) is 0 Å². The minimum absolute atomic E-state index is 0.307. The summed E-state index contributed by atoms with van der Waals surface area (Å²) in [7, 11) is 0. The first-order valence-electron chi connectivity index (χ1n) is 5.93. The van der Waals surface area contributed by atoms with Gasteiger partial charge in [0.05, 0.1) is 21.1 Å². The van der Waals surface area contributed by atoms with E-state index >= 15 is 0 Å². The molecule has 0 bridgehead atoms. The first kappa shape index (κ1) is 12.8. The zero-order valence-corrected chi connectivity index (χ0v) is 12.6. The van der Waals surface area contributed by atoms with Gasteiger partial charge in [0.2, 0.25) is 0 Å². The maximum absolute atomic E-state index is 6.28. The van der Waals surface area contributed by atoms with E-state index in [1.807, 2.05) is 29.8 Å². The van der Waals surface area contributed by atoms with Crippen molar-refractivity contribution in [2.45, 2.75) is 19.4 Å². The van der Waals surface area contributed by atoms with Crippen molar-refractivity contribution in [1.29, 1.82) is 0 Å². The highest BCUT2D eigenvalue weighted by Crippen LogP contribution is 2.26. The number of imidazole rings is 1. The van der Waals surface area contributed by atoms with E-state index < -0.39 is 0 Å². The van der Waals surface area contributed by atoms with E-state index in [9.17, 15) is 0 Å². The number of aromatic nitrogens is 3. The molecule has 0 radical (unpaired) electrons. The second-order valence-electron chi connectivity index (χ2n) is 4.45. The average Bonchev–Trinajstić information content (AvgIpc) is 2.99. The molecule has 0 fully saturated rings. The lowest BCUT2D eigenvalue weighted by atomic mass is 10.2. The molecule has 2 heterocycles. The van der Waals surface area contributed by atoms with E-state index in [1.54, 1.807) is 11.3 Å². The third-order valence-electron chi connectivity index (χ3n) is 3.07. The Morgan fingerprint density at radius 3 is 3.11 bits per heavy atom. The van der Waals surface area contributed by atoms with Crippen molar-refractivity contribution < 1.29 is 0 Å². The quantitative estimate of drug-likeness (QED) is 0.717. The highest BCUT2D eigenvalue weighted by molar-refractivity contribution is 7.71. The molecule has 1 atom stereocenters. The summed E-state index contributed by atoms with van der Waals surface area (Å²) < 4.78 is 2.76. The number of nitrogens with one attached hydrogen (secondary N) is 1.